The van der Waals surface area contributed by atoms with E-state index in [2.05, 4.69) is 6.92 Å². The summed E-state index contributed by atoms with van der Waals surface area (Å²) in [6, 6.07) is 0.271. The predicted octanol–water partition coefficient (Wildman–Crippen LogP) is 3.02. The molecule has 0 aromatic heterocycles. The zero-order valence-electron chi connectivity index (χ0n) is 7.60. The molecule has 1 rings (SSSR count). The lowest BCUT2D eigenvalue weighted by Crippen LogP contribution is -2.19. The summed E-state index contributed by atoms with van der Waals surface area (Å²) in [7, 11) is 0. The average Bonchev–Trinajstić information content (AvgIpc) is 2.04. The van der Waals surface area contributed by atoms with E-state index in [1.54, 1.807) is 0 Å². The van der Waals surface area contributed by atoms with Gasteiger partial charge in [-0.2, -0.15) is 0 Å². The van der Waals surface area contributed by atoms with Crippen molar-refractivity contribution in [3.8, 4) is 0 Å². The van der Waals surface area contributed by atoms with Crippen LogP contribution in [0, 0.1) is 5.92 Å². The number of rotatable bonds is 3. The zero-order chi connectivity index (χ0) is 8.10. The average molecular weight is 154 g/mol. The summed E-state index contributed by atoms with van der Waals surface area (Å²) in [6.45, 7) is 2.26. The lowest BCUT2D eigenvalue weighted by atomic mass is 9.83. The summed E-state index contributed by atoms with van der Waals surface area (Å²) in [5, 5.41) is 0. The third-order valence-corrected chi connectivity index (χ3v) is 2.81. The van der Waals surface area contributed by atoms with Crippen LogP contribution in [0.15, 0.2) is 0 Å². The van der Waals surface area contributed by atoms with Gasteiger partial charge in [0, 0.05) is 6.04 Å². The van der Waals surface area contributed by atoms with Crippen molar-refractivity contribution in [1.29, 1.82) is 0 Å². The molecule has 1 heteroatoms. The number of hydrogen-bond acceptors (Lipinski definition) is 0. The fourth-order valence-corrected chi connectivity index (χ4v) is 1.94. The highest BCUT2D eigenvalue weighted by Crippen LogP contribution is 2.27. The summed E-state index contributed by atoms with van der Waals surface area (Å²) < 4.78 is 0. The second-order valence-electron chi connectivity index (χ2n) is 3.86. The molecule has 0 saturated heterocycles. The Morgan fingerprint density at radius 2 is 1.82 bits per heavy atom. The van der Waals surface area contributed by atoms with Gasteiger partial charge in [0.05, 0.1) is 0 Å². The van der Waals surface area contributed by atoms with Gasteiger partial charge in [0.2, 0.25) is 0 Å². The second kappa shape index (κ2) is 4.76. The monoisotopic (exact) mass is 154 g/mol. The van der Waals surface area contributed by atoms with Crippen molar-refractivity contribution in [2.24, 2.45) is 5.92 Å². The normalized spacial score (nSPS) is 32.2. The van der Waals surface area contributed by atoms with Gasteiger partial charge in [-0.15, -0.1) is 0 Å². The van der Waals surface area contributed by atoms with Crippen molar-refractivity contribution >= 4 is 0 Å². The van der Waals surface area contributed by atoms with Crippen LogP contribution in [0.1, 0.15) is 51.9 Å². The summed E-state index contributed by atoms with van der Waals surface area (Å²) in [4.78, 5) is 0. The molecule has 1 fully saturated rings. The standard InChI is InChI=1S/C10H20N/c1-2-3-4-9-5-7-10(11)8-6-9/h9-11H,2-8H2,1H3/t9-,10+. The summed E-state index contributed by atoms with van der Waals surface area (Å²) >= 11 is 0. The van der Waals surface area contributed by atoms with Crippen LogP contribution in [0.4, 0.5) is 0 Å². The SMILES string of the molecule is CCCC[C@H]1CC[C@@H]([NH])CC1. The fraction of sp³-hybridized carbons (Fsp3) is 1.00. The van der Waals surface area contributed by atoms with E-state index in [1.807, 2.05) is 0 Å². The van der Waals surface area contributed by atoms with Gasteiger partial charge in [-0.05, 0) is 31.6 Å². The van der Waals surface area contributed by atoms with E-state index in [9.17, 15) is 0 Å². The summed E-state index contributed by atoms with van der Waals surface area (Å²) in [5.41, 5.74) is 7.54. The lowest BCUT2D eigenvalue weighted by molar-refractivity contribution is 0.301. The van der Waals surface area contributed by atoms with Crippen molar-refractivity contribution in [1.82, 2.24) is 5.73 Å². The molecule has 0 heterocycles. The molecule has 1 nitrogen and oxygen atoms in total. The largest absolute Gasteiger partial charge is 0.255 e. The molecular weight excluding hydrogens is 134 g/mol. The highest BCUT2D eigenvalue weighted by atomic mass is 14.6. The van der Waals surface area contributed by atoms with Gasteiger partial charge in [-0.1, -0.05) is 26.2 Å². The molecule has 0 amide bonds. The topological polar surface area (TPSA) is 23.8 Å². The molecular formula is C10H20N. The third kappa shape index (κ3) is 3.24. The van der Waals surface area contributed by atoms with Crippen LogP contribution in [-0.4, -0.2) is 6.04 Å². The van der Waals surface area contributed by atoms with Crippen LogP contribution < -0.4 is 5.73 Å². The van der Waals surface area contributed by atoms with E-state index in [-0.39, 0.29) is 6.04 Å². The highest BCUT2D eigenvalue weighted by Gasteiger charge is 2.17. The van der Waals surface area contributed by atoms with Crippen LogP contribution >= 0.6 is 0 Å². The second-order valence-corrected chi connectivity index (χ2v) is 3.86. The zero-order valence-corrected chi connectivity index (χ0v) is 7.60. The van der Waals surface area contributed by atoms with E-state index < -0.39 is 0 Å². The Hall–Kier alpha value is -0.0400. The molecule has 0 atom stereocenters. The predicted molar refractivity (Wildman–Crippen MR) is 48.4 cm³/mol. The summed E-state index contributed by atoms with van der Waals surface area (Å²) in [5.74, 6) is 0.969. The first-order chi connectivity index (χ1) is 5.33. The van der Waals surface area contributed by atoms with E-state index in [4.69, 9.17) is 5.73 Å². The molecule has 1 N–H and O–H groups in total. The lowest BCUT2D eigenvalue weighted by Gasteiger charge is -2.25. The van der Waals surface area contributed by atoms with Crippen molar-refractivity contribution in [3.63, 3.8) is 0 Å². The molecule has 0 spiro atoms. The minimum absolute atomic E-state index is 0.271. The van der Waals surface area contributed by atoms with Gasteiger partial charge < -0.3 is 0 Å². The molecule has 11 heavy (non-hydrogen) atoms. The first kappa shape index (κ1) is 9.05. The quantitative estimate of drug-likeness (QED) is 0.596. The van der Waals surface area contributed by atoms with Gasteiger partial charge >= 0.3 is 0 Å². The van der Waals surface area contributed by atoms with Crippen molar-refractivity contribution in [2.75, 3.05) is 0 Å². The molecule has 0 aliphatic heterocycles. The van der Waals surface area contributed by atoms with E-state index in [0.29, 0.717) is 0 Å². The Bertz CT molecular complexity index is 90.3. The minimum Gasteiger partial charge on any atom is -0.255 e. The fourth-order valence-electron chi connectivity index (χ4n) is 1.94. The molecule has 0 bridgehead atoms. The maximum atomic E-state index is 7.54. The molecule has 0 unspecified atom stereocenters. The molecule has 0 aromatic rings. The Balaban J connectivity index is 2.07. The van der Waals surface area contributed by atoms with Crippen LogP contribution in [-0.2, 0) is 0 Å². The highest BCUT2D eigenvalue weighted by molar-refractivity contribution is 4.73. The number of unbranched alkanes of at least 4 members (excludes halogenated alkanes) is 1. The first-order valence-electron chi connectivity index (χ1n) is 5.04. The Morgan fingerprint density at radius 3 is 2.36 bits per heavy atom. The molecule has 0 aromatic carbocycles. The third-order valence-electron chi connectivity index (χ3n) is 2.81. The maximum absolute atomic E-state index is 7.54. The van der Waals surface area contributed by atoms with Crippen LogP contribution in [0.25, 0.3) is 0 Å². The Morgan fingerprint density at radius 1 is 1.18 bits per heavy atom. The van der Waals surface area contributed by atoms with Crippen LogP contribution in [0.3, 0.4) is 0 Å². The van der Waals surface area contributed by atoms with Gasteiger partial charge in [0.15, 0.2) is 0 Å². The summed E-state index contributed by atoms with van der Waals surface area (Å²) in [6.07, 6.45) is 9.13. The van der Waals surface area contributed by atoms with Gasteiger partial charge in [-0.3, -0.25) is 5.73 Å². The molecule has 65 valence electrons. The van der Waals surface area contributed by atoms with Gasteiger partial charge in [0.25, 0.3) is 0 Å². The van der Waals surface area contributed by atoms with Gasteiger partial charge in [0.1, 0.15) is 0 Å². The number of hydrogen-bond donors (Lipinski definition) is 0. The van der Waals surface area contributed by atoms with E-state index >= 15 is 0 Å². The van der Waals surface area contributed by atoms with Crippen molar-refractivity contribution in [3.05, 3.63) is 0 Å². The van der Waals surface area contributed by atoms with Crippen LogP contribution in [0.2, 0.25) is 0 Å². The maximum Gasteiger partial charge on any atom is 0.0213 e. The molecule has 1 radical (unpaired) electrons. The van der Waals surface area contributed by atoms with Gasteiger partial charge in [-0.25, -0.2) is 0 Å². The van der Waals surface area contributed by atoms with Crippen molar-refractivity contribution < 1.29 is 0 Å². The Kier molecular flexibility index (Phi) is 3.92. The minimum atomic E-state index is 0.271. The van der Waals surface area contributed by atoms with E-state index in [1.165, 1.54) is 32.1 Å². The molecule has 1 aliphatic rings. The smallest absolute Gasteiger partial charge is 0.0213 e. The number of nitrogens with one attached hydrogen (secondary N) is 1. The first-order valence-corrected chi connectivity index (χ1v) is 5.04. The van der Waals surface area contributed by atoms with E-state index in [0.717, 1.165) is 18.8 Å². The Labute approximate surface area is 70.4 Å². The molecule has 1 saturated carbocycles. The van der Waals surface area contributed by atoms with Crippen LogP contribution in [0.5, 0.6) is 0 Å². The van der Waals surface area contributed by atoms with Crippen molar-refractivity contribution in [2.45, 2.75) is 57.9 Å². The molecule has 1 aliphatic carbocycles.